The third-order valence-corrected chi connectivity index (χ3v) is 2.52. The van der Waals surface area contributed by atoms with Crippen LogP contribution in [0.5, 0.6) is 0 Å². The fourth-order valence-corrected chi connectivity index (χ4v) is 1.51. The van der Waals surface area contributed by atoms with Crippen molar-refractivity contribution < 1.29 is 9.63 Å². The summed E-state index contributed by atoms with van der Waals surface area (Å²) in [5, 5.41) is 0. The minimum Gasteiger partial charge on any atom is -0.342 e. The van der Waals surface area contributed by atoms with Gasteiger partial charge in [-0.05, 0) is 19.4 Å². The molecule has 0 atom stereocenters. The Bertz CT molecular complexity index is 323. The fraction of sp³-hybridized carbons (Fsp3) is 0.462. The number of carbonyl (C=O) groups is 1. The molecule has 94 valence electrons. The van der Waals surface area contributed by atoms with E-state index in [1.165, 1.54) is 0 Å². The first-order valence-electron chi connectivity index (χ1n) is 5.94. The van der Waals surface area contributed by atoms with Gasteiger partial charge >= 0.3 is 0 Å². The van der Waals surface area contributed by atoms with Crippen LogP contribution in [0.2, 0.25) is 0 Å². The Morgan fingerprint density at radius 3 is 2.47 bits per heavy atom. The van der Waals surface area contributed by atoms with Gasteiger partial charge in [-0.15, -0.1) is 0 Å². The van der Waals surface area contributed by atoms with Crippen LogP contribution in [-0.2, 0) is 16.2 Å². The normalized spacial score (nSPS) is 10.2. The van der Waals surface area contributed by atoms with Crippen LogP contribution in [0.25, 0.3) is 0 Å². The molecule has 0 unspecified atom stereocenters. The summed E-state index contributed by atoms with van der Waals surface area (Å²) in [6, 6.07) is 9.84. The molecule has 17 heavy (non-hydrogen) atoms. The largest absolute Gasteiger partial charge is 0.342 e. The summed E-state index contributed by atoms with van der Waals surface area (Å²) in [5.41, 5.74) is 3.77. The zero-order chi connectivity index (χ0) is 12.5. The van der Waals surface area contributed by atoms with Crippen LogP contribution in [0.4, 0.5) is 0 Å². The van der Waals surface area contributed by atoms with Crippen LogP contribution in [0.15, 0.2) is 30.3 Å². The average molecular weight is 236 g/mol. The van der Waals surface area contributed by atoms with Crippen LogP contribution in [-0.4, -0.2) is 30.4 Å². The summed E-state index contributed by atoms with van der Waals surface area (Å²) in [6.45, 7) is 6.07. The van der Waals surface area contributed by atoms with Crippen molar-refractivity contribution in [3.8, 4) is 0 Å². The second-order valence-corrected chi connectivity index (χ2v) is 3.66. The van der Waals surface area contributed by atoms with Crippen molar-refractivity contribution in [3.63, 3.8) is 0 Å². The molecule has 1 amide bonds. The number of nitrogens with one attached hydrogen (secondary N) is 1. The van der Waals surface area contributed by atoms with E-state index in [4.69, 9.17) is 4.84 Å². The number of benzene rings is 1. The van der Waals surface area contributed by atoms with E-state index in [1.807, 2.05) is 44.2 Å². The lowest BCUT2D eigenvalue weighted by atomic mass is 10.2. The molecule has 0 aliphatic rings. The molecule has 4 heteroatoms. The van der Waals surface area contributed by atoms with Gasteiger partial charge in [0.05, 0.1) is 6.61 Å². The zero-order valence-corrected chi connectivity index (χ0v) is 10.5. The van der Waals surface area contributed by atoms with Crippen molar-refractivity contribution in [1.29, 1.82) is 0 Å². The van der Waals surface area contributed by atoms with Crippen LogP contribution in [0.1, 0.15) is 19.4 Å². The molecule has 0 spiro atoms. The van der Waals surface area contributed by atoms with Crippen molar-refractivity contribution in [1.82, 2.24) is 10.4 Å². The Balaban J connectivity index is 2.18. The third kappa shape index (κ3) is 4.97. The highest BCUT2D eigenvalue weighted by Gasteiger charge is 2.08. The number of amides is 1. The van der Waals surface area contributed by atoms with Gasteiger partial charge in [0.15, 0.2) is 0 Å². The predicted molar refractivity (Wildman–Crippen MR) is 67.2 cm³/mol. The molecule has 0 aliphatic heterocycles. The Labute approximate surface area is 103 Å². The standard InChI is InChI=1S/C13H20N2O2/c1-3-15(4-2)13(16)10-14-17-11-12-8-6-5-7-9-12/h5-9,14H,3-4,10-11H2,1-2H3. The molecular weight excluding hydrogens is 216 g/mol. The number of nitrogens with zero attached hydrogens (tertiary/aromatic N) is 1. The first-order valence-corrected chi connectivity index (χ1v) is 5.94. The highest BCUT2D eigenvalue weighted by atomic mass is 16.6. The Morgan fingerprint density at radius 1 is 1.24 bits per heavy atom. The smallest absolute Gasteiger partial charge is 0.238 e. The van der Waals surface area contributed by atoms with Crippen molar-refractivity contribution in [2.75, 3.05) is 19.6 Å². The first-order chi connectivity index (χ1) is 8.27. The van der Waals surface area contributed by atoms with Crippen molar-refractivity contribution in [2.24, 2.45) is 0 Å². The van der Waals surface area contributed by atoms with E-state index in [2.05, 4.69) is 5.48 Å². The first kappa shape index (κ1) is 13.7. The van der Waals surface area contributed by atoms with Crippen LogP contribution in [0, 0.1) is 0 Å². The second-order valence-electron chi connectivity index (χ2n) is 3.66. The minimum atomic E-state index is 0.0584. The molecule has 0 aromatic heterocycles. The summed E-state index contributed by atoms with van der Waals surface area (Å²) < 4.78 is 0. The lowest BCUT2D eigenvalue weighted by Gasteiger charge is -2.18. The average Bonchev–Trinajstić information content (AvgIpc) is 2.37. The van der Waals surface area contributed by atoms with Crippen molar-refractivity contribution >= 4 is 5.91 Å². The Kier molecular flexibility index (Phi) is 6.29. The number of hydrogen-bond donors (Lipinski definition) is 1. The summed E-state index contributed by atoms with van der Waals surface area (Å²) in [5.74, 6) is 0.0584. The molecule has 1 rings (SSSR count). The predicted octanol–water partition coefficient (Wildman–Crippen LogP) is 1.58. The fourth-order valence-electron chi connectivity index (χ4n) is 1.51. The van der Waals surface area contributed by atoms with Crippen LogP contribution >= 0.6 is 0 Å². The summed E-state index contributed by atoms with van der Waals surface area (Å²) >= 11 is 0. The quantitative estimate of drug-likeness (QED) is 0.577. The molecule has 0 radical (unpaired) electrons. The second kappa shape index (κ2) is 7.81. The Morgan fingerprint density at radius 2 is 1.88 bits per heavy atom. The molecule has 0 fully saturated rings. The summed E-state index contributed by atoms with van der Waals surface area (Å²) in [6.07, 6.45) is 0. The number of likely N-dealkylation sites (N-methyl/N-ethyl adjacent to an activating group) is 1. The van der Waals surface area contributed by atoms with Gasteiger partial charge in [0.25, 0.3) is 0 Å². The summed E-state index contributed by atoms with van der Waals surface area (Å²) in [7, 11) is 0. The highest BCUT2D eigenvalue weighted by molar-refractivity contribution is 5.78. The maximum atomic E-state index is 11.6. The van der Waals surface area contributed by atoms with Crippen molar-refractivity contribution in [3.05, 3.63) is 35.9 Å². The van der Waals surface area contributed by atoms with E-state index >= 15 is 0 Å². The van der Waals surface area contributed by atoms with E-state index < -0.39 is 0 Å². The minimum absolute atomic E-state index is 0.0584. The van der Waals surface area contributed by atoms with Crippen LogP contribution < -0.4 is 5.48 Å². The maximum Gasteiger partial charge on any atom is 0.238 e. The zero-order valence-electron chi connectivity index (χ0n) is 10.5. The lowest BCUT2D eigenvalue weighted by molar-refractivity contribution is -0.132. The van der Waals surface area contributed by atoms with E-state index in [9.17, 15) is 4.79 Å². The molecule has 0 bridgehead atoms. The topological polar surface area (TPSA) is 41.6 Å². The molecule has 1 aromatic carbocycles. The molecular formula is C13H20N2O2. The molecule has 1 N–H and O–H groups in total. The summed E-state index contributed by atoms with van der Waals surface area (Å²) in [4.78, 5) is 18.6. The van der Waals surface area contributed by atoms with Crippen molar-refractivity contribution in [2.45, 2.75) is 20.5 Å². The van der Waals surface area contributed by atoms with Crippen LogP contribution in [0.3, 0.4) is 0 Å². The van der Waals surface area contributed by atoms with E-state index in [0.717, 1.165) is 18.7 Å². The number of rotatable bonds is 7. The highest BCUT2D eigenvalue weighted by Crippen LogP contribution is 1.98. The Hall–Kier alpha value is -1.39. The maximum absolute atomic E-state index is 11.6. The van der Waals surface area contributed by atoms with Gasteiger partial charge in [-0.2, -0.15) is 5.48 Å². The molecule has 1 aromatic rings. The third-order valence-electron chi connectivity index (χ3n) is 2.52. The van der Waals surface area contributed by atoms with Gasteiger partial charge in [-0.3, -0.25) is 9.63 Å². The van der Waals surface area contributed by atoms with Gasteiger partial charge in [-0.25, -0.2) is 0 Å². The SMILES string of the molecule is CCN(CC)C(=O)CNOCc1ccccc1. The van der Waals surface area contributed by atoms with Gasteiger partial charge in [0.2, 0.25) is 5.91 Å². The van der Waals surface area contributed by atoms with Gasteiger partial charge in [-0.1, -0.05) is 30.3 Å². The van der Waals surface area contributed by atoms with E-state index in [1.54, 1.807) is 4.90 Å². The van der Waals surface area contributed by atoms with E-state index in [-0.39, 0.29) is 12.5 Å². The molecule has 4 nitrogen and oxygen atoms in total. The van der Waals surface area contributed by atoms with E-state index in [0.29, 0.717) is 6.61 Å². The molecule has 0 aliphatic carbocycles. The van der Waals surface area contributed by atoms with Gasteiger partial charge < -0.3 is 4.90 Å². The molecule has 0 saturated heterocycles. The monoisotopic (exact) mass is 236 g/mol. The van der Waals surface area contributed by atoms with Gasteiger partial charge in [0, 0.05) is 13.1 Å². The number of carbonyl (C=O) groups excluding carboxylic acids is 1. The number of hydrogen-bond acceptors (Lipinski definition) is 3. The number of hydroxylamine groups is 1. The molecule has 0 saturated carbocycles. The molecule has 0 heterocycles. The van der Waals surface area contributed by atoms with Gasteiger partial charge in [0.1, 0.15) is 6.54 Å². The lowest BCUT2D eigenvalue weighted by Crippen LogP contribution is -2.37.